The van der Waals surface area contributed by atoms with Gasteiger partial charge in [0.25, 0.3) is 0 Å². The van der Waals surface area contributed by atoms with Gasteiger partial charge in [0.15, 0.2) is 0 Å². The number of hydrogen-bond acceptors (Lipinski definition) is 2. The molecule has 128 valence electrons. The van der Waals surface area contributed by atoms with E-state index in [2.05, 4.69) is 64.6 Å². The Bertz CT molecular complexity index is 917. The Morgan fingerprint density at radius 2 is 1.88 bits per heavy atom. The lowest BCUT2D eigenvalue weighted by Gasteiger charge is -2.18. The SMILES string of the molecule is O=S(CCc1cccc2ccccc12)Nc1ccc2c(c1)CCNC2. The lowest BCUT2D eigenvalue weighted by atomic mass is 10.0. The molecule has 0 bridgehead atoms. The van der Waals surface area contributed by atoms with Crippen LogP contribution in [0.1, 0.15) is 16.7 Å². The van der Waals surface area contributed by atoms with E-state index < -0.39 is 11.0 Å². The molecule has 1 atom stereocenters. The molecule has 0 amide bonds. The predicted octanol–water partition coefficient (Wildman–Crippen LogP) is 3.80. The predicted molar refractivity (Wildman–Crippen MR) is 106 cm³/mol. The van der Waals surface area contributed by atoms with Gasteiger partial charge in [0.05, 0.1) is 0 Å². The zero-order chi connectivity index (χ0) is 17.1. The van der Waals surface area contributed by atoms with E-state index in [1.165, 1.54) is 27.5 Å². The van der Waals surface area contributed by atoms with Crippen LogP contribution in [-0.2, 0) is 30.4 Å². The van der Waals surface area contributed by atoms with Crippen LogP contribution in [0, 0.1) is 0 Å². The fourth-order valence-electron chi connectivity index (χ4n) is 3.44. The summed E-state index contributed by atoms with van der Waals surface area (Å²) < 4.78 is 15.6. The van der Waals surface area contributed by atoms with Crippen molar-refractivity contribution < 1.29 is 4.21 Å². The summed E-state index contributed by atoms with van der Waals surface area (Å²) >= 11 is 0. The summed E-state index contributed by atoms with van der Waals surface area (Å²) in [5, 5.41) is 5.86. The van der Waals surface area contributed by atoms with Crippen LogP contribution in [0.3, 0.4) is 0 Å². The van der Waals surface area contributed by atoms with Crippen LogP contribution in [0.25, 0.3) is 10.8 Å². The van der Waals surface area contributed by atoms with Gasteiger partial charge in [-0.15, -0.1) is 0 Å². The monoisotopic (exact) mass is 350 g/mol. The second-order valence-electron chi connectivity index (χ2n) is 6.45. The molecule has 0 fully saturated rings. The summed E-state index contributed by atoms with van der Waals surface area (Å²) in [6, 6.07) is 21.0. The van der Waals surface area contributed by atoms with Crippen LogP contribution in [0.2, 0.25) is 0 Å². The number of anilines is 1. The van der Waals surface area contributed by atoms with Crippen LogP contribution in [0.5, 0.6) is 0 Å². The quantitative estimate of drug-likeness (QED) is 0.735. The molecule has 3 aromatic carbocycles. The Kier molecular flexibility index (Phi) is 4.81. The molecular formula is C21H22N2OS. The molecule has 3 nitrogen and oxygen atoms in total. The highest BCUT2D eigenvalue weighted by atomic mass is 32.2. The number of fused-ring (bicyclic) bond motifs is 2. The molecule has 0 aliphatic carbocycles. The van der Waals surface area contributed by atoms with Gasteiger partial charge in [-0.1, -0.05) is 48.5 Å². The van der Waals surface area contributed by atoms with E-state index in [0.717, 1.165) is 31.6 Å². The van der Waals surface area contributed by atoms with Crippen LogP contribution < -0.4 is 10.0 Å². The highest BCUT2D eigenvalue weighted by Gasteiger charge is 2.10. The minimum Gasteiger partial charge on any atom is -0.312 e. The van der Waals surface area contributed by atoms with Crippen molar-refractivity contribution in [2.45, 2.75) is 19.4 Å². The minimum atomic E-state index is -1.08. The van der Waals surface area contributed by atoms with Gasteiger partial charge >= 0.3 is 0 Å². The first kappa shape index (κ1) is 16.3. The van der Waals surface area contributed by atoms with Crippen molar-refractivity contribution >= 4 is 27.4 Å². The molecule has 1 aliphatic rings. The van der Waals surface area contributed by atoms with Crippen LogP contribution in [-0.4, -0.2) is 16.5 Å². The van der Waals surface area contributed by atoms with E-state index >= 15 is 0 Å². The van der Waals surface area contributed by atoms with Crippen LogP contribution in [0.15, 0.2) is 60.7 Å². The van der Waals surface area contributed by atoms with Gasteiger partial charge < -0.3 is 10.0 Å². The highest BCUT2D eigenvalue weighted by molar-refractivity contribution is 7.86. The van der Waals surface area contributed by atoms with Crippen molar-refractivity contribution in [3.63, 3.8) is 0 Å². The zero-order valence-corrected chi connectivity index (χ0v) is 14.9. The van der Waals surface area contributed by atoms with Crippen LogP contribution >= 0.6 is 0 Å². The lowest BCUT2D eigenvalue weighted by molar-refractivity contribution is 0.644. The maximum absolute atomic E-state index is 12.5. The fourth-order valence-corrected chi connectivity index (χ4v) is 4.33. The van der Waals surface area contributed by atoms with Crippen molar-refractivity contribution in [1.82, 2.24) is 5.32 Å². The Labute approximate surface area is 151 Å². The molecule has 0 saturated heterocycles. The Balaban J connectivity index is 1.42. The van der Waals surface area contributed by atoms with Gasteiger partial charge in [-0.25, -0.2) is 4.21 Å². The molecule has 1 aliphatic heterocycles. The summed E-state index contributed by atoms with van der Waals surface area (Å²) in [6.45, 7) is 1.94. The molecule has 25 heavy (non-hydrogen) atoms. The fraction of sp³-hybridized carbons (Fsp3) is 0.238. The molecule has 1 unspecified atom stereocenters. The zero-order valence-electron chi connectivity index (χ0n) is 14.1. The number of nitrogens with one attached hydrogen (secondary N) is 2. The van der Waals surface area contributed by atoms with Gasteiger partial charge in [-0.05, 0) is 59.0 Å². The van der Waals surface area contributed by atoms with Crippen molar-refractivity contribution in [2.24, 2.45) is 0 Å². The van der Waals surface area contributed by atoms with Gasteiger partial charge in [0.2, 0.25) is 0 Å². The number of aryl methyl sites for hydroxylation is 1. The topological polar surface area (TPSA) is 41.1 Å². The minimum absolute atomic E-state index is 0.604. The molecule has 1 heterocycles. The van der Waals surface area contributed by atoms with Gasteiger partial charge in [0.1, 0.15) is 11.0 Å². The number of benzene rings is 3. The van der Waals surface area contributed by atoms with Crippen molar-refractivity contribution in [2.75, 3.05) is 17.0 Å². The molecule has 0 saturated carbocycles. The average Bonchev–Trinajstić information content (AvgIpc) is 2.66. The van der Waals surface area contributed by atoms with Crippen molar-refractivity contribution in [3.8, 4) is 0 Å². The molecule has 4 heteroatoms. The molecular weight excluding hydrogens is 328 g/mol. The number of hydrogen-bond donors (Lipinski definition) is 2. The van der Waals surface area contributed by atoms with Crippen molar-refractivity contribution in [1.29, 1.82) is 0 Å². The first-order valence-corrected chi connectivity index (χ1v) is 10.1. The largest absolute Gasteiger partial charge is 0.312 e. The van der Waals surface area contributed by atoms with Crippen molar-refractivity contribution in [3.05, 3.63) is 77.4 Å². The molecule has 0 aromatic heterocycles. The summed E-state index contributed by atoms with van der Waals surface area (Å²) in [6.07, 6.45) is 1.84. The second kappa shape index (κ2) is 7.38. The summed E-state index contributed by atoms with van der Waals surface area (Å²) in [4.78, 5) is 0. The molecule has 0 radical (unpaired) electrons. The van der Waals surface area contributed by atoms with Crippen LogP contribution in [0.4, 0.5) is 5.69 Å². The Morgan fingerprint density at radius 3 is 2.84 bits per heavy atom. The van der Waals surface area contributed by atoms with E-state index in [-0.39, 0.29) is 0 Å². The first-order chi connectivity index (χ1) is 12.3. The second-order valence-corrected chi connectivity index (χ2v) is 7.75. The summed E-state index contributed by atoms with van der Waals surface area (Å²) in [5.74, 6) is 0.604. The number of rotatable bonds is 5. The average molecular weight is 350 g/mol. The third-order valence-corrected chi connectivity index (χ3v) is 5.80. The molecule has 2 N–H and O–H groups in total. The first-order valence-electron chi connectivity index (χ1n) is 8.74. The Hall–Kier alpha value is -2.17. The normalized spacial score (nSPS) is 14.9. The maximum Gasteiger partial charge on any atom is 0.117 e. The van der Waals surface area contributed by atoms with E-state index in [1.807, 2.05) is 6.07 Å². The van der Waals surface area contributed by atoms with E-state index in [9.17, 15) is 4.21 Å². The third kappa shape index (κ3) is 3.75. The van der Waals surface area contributed by atoms with Gasteiger partial charge in [-0.3, -0.25) is 0 Å². The molecule has 0 spiro atoms. The summed E-state index contributed by atoms with van der Waals surface area (Å²) in [7, 11) is -1.08. The lowest BCUT2D eigenvalue weighted by Crippen LogP contribution is -2.23. The van der Waals surface area contributed by atoms with Gasteiger partial charge in [0, 0.05) is 18.0 Å². The third-order valence-electron chi connectivity index (χ3n) is 4.76. The maximum atomic E-state index is 12.5. The molecule has 4 rings (SSSR count). The van der Waals surface area contributed by atoms with E-state index in [1.54, 1.807) is 0 Å². The van der Waals surface area contributed by atoms with E-state index in [4.69, 9.17) is 0 Å². The molecule has 3 aromatic rings. The highest BCUT2D eigenvalue weighted by Crippen LogP contribution is 2.21. The Morgan fingerprint density at radius 1 is 1.00 bits per heavy atom. The van der Waals surface area contributed by atoms with Gasteiger partial charge in [-0.2, -0.15) is 0 Å². The summed E-state index contributed by atoms with van der Waals surface area (Å²) in [5.41, 5.74) is 4.91. The van der Waals surface area contributed by atoms with E-state index in [0.29, 0.717) is 5.75 Å². The standard InChI is InChI=1S/C21H22N2OS/c24-25(23-20-9-8-19-15-22-12-10-18(19)14-20)13-11-17-6-3-5-16-4-1-2-7-21(16)17/h1-9,14,22-23H,10-13,15H2. The smallest absolute Gasteiger partial charge is 0.117 e.